The van der Waals surface area contributed by atoms with Gasteiger partial charge in [0.1, 0.15) is 78.7 Å². The molecule has 9 N–H and O–H groups in total. The summed E-state index contributed by atoms with van der Waals surface area (Å²) in [5.74, 6) is 0.0341. The maximum atomic E-state index is 14.1. The zero-order chi connectivity index (χ0) is 50.4. The Labute approximate surface area is 396 Å². The van der Waals surface area contributed by atoms with Crippen LogP contribution in [0.2, 0.25) is 0 Å². The molecule has 0 bridgehead atoms. The highest BCUT2D eigenvalue weighted by Crippen LogP contribution is 2.55. The van der Waals surface area contributed by atoms with E-state index >= 15 is 0 Å². The normalized spacial score (nSPS) is 31.0. The summed E-state index contributed by atoms with van der Waals surface area (Å²) in [6.07, 6.45) is -9.81. The molecule has 3 unspecified atom stereocenters. The molecule has 0 radical (unpaired) electrons. The molecule has 384 valence electrons. The molecule has 0 aromatic carbocycles. The number of nitrogens with one attached hydrogen (secondary N) is 1. The number of nitrogens with zero attached hydrogens (tertiary/aromatic N) is 9. The number of nitrogens with two attached hydrogens (primary N) is 2. The second-order valence-corrected chi connectivity index (χ2v) is 20.5. The van der Waals surface area contributed by atoms with Crippen LogP contribution < -0.4 is 16.8 Å². The number of urea groups is 1. The van der Waals surface area contributed by atoms with Gasteiger partial charge < -0.3 is 60.3 Å². The van der Waals surface area contributed by atoms with E-state index in [4.69, 9.17) is 62.3 Å². The molecular weight excluding hydrogens is 997 g/mol. The molecule has 8 rings (SSSR count). The van der Waals surface area contributed by atoms with Gasteiger partial charge in [-0.1, -0.05) is 6.58 Å². The van der Waals surface area contributed by atoms with Gasteiger partial charge in [-0.15, -0.1) is 0 Å². The van der Waals surface area contributed by atoms with Crippen molar-refractivity contribution in [1.29, 1.82) is 0 Å². The number of carbonyl (C=O) groups is 1. The Bertz CT molecular complexity index is 2770. The summed E-state index contributed by atoms with van der Waals surface area (Å²) >= 11 is 0. The molecule has 3 fully saturated rings. The maximum Gasteiger partial charge on any atom is 0.473 e. The third-order valence-electron chi connectivity index (χ3n) is 11.3. The summed E-state index contributed by atoms with van der Waals surface area (Å²) in [6.45, 7) is 6.06. The molecule has 8 heterocycles. The van der Waals surface area contributed by atoms with Crippen molar-refractivity contribution in [3.63, 3.8) is 0 Å². The van der Waals surface area contributed by atoms with Crippen LogP contribution >= 0.6 is 23.5 Å². The zero-order valence-electron chi connectivity index (χ0n) is 37.8. The van der Waals surface area contributed by atoms with Crippen molar-refractivity contribution < 1.29 is 89.1 Å². The first-order chi connectivity index (χ1) is 33.1. The number of hydrogen-bond donors (Lipinski definition) is 7. The van der Waals surface area contributed by atoms with Crippen LogP contribution in [-0.2, 0) is 64.5 Å². The van der Waals surface area contributed by atoms with Crippen molar-refractivity contribution in [3.8, 4) is 0 Å². The van der Waals surface area contributed by atoms with Gasteiger partial charge >= 0.3 is 29.5 Å². The van der Waals surface area contributed by atoms with E-state index in [9.17, 15) is 38.3 Å². The second kappa shape index (κ2) is 20.6. The van der Waals surface area contributed by atoms with Gasteiger partial charge in [-0.25, -0.2) is 48.4 Å². The fourth-order valence-corrected chi connectivity index (χ4v) is 11.2. The first-order valence-electron chi connectivity index (χ1n) is 21.1. The number of phosphoric ester groups is 3. The molecule has 0 aliphatic carbocycles. The summed E-state index contributed by atoms with van der Waals surface area (Å²) < 4.78 is 106. The number of phosphoric acid groups is 3. The van der Waals surface area contributed by atoms with Gasteiger partial charge in [-0.3, -0.25) is 41.2 Å². The van der Waals surface area contributed by atoms with E-state index in [1.54, 1.807) is 6.92 Å². The second-order valence-electron chi connectivity index (χ2n) is 16.3. The van der Waals surface area contributed by atoms with E-state index in [-0.39, 0.29) is 40.4 Å². The lowest BCUT2D eigenvalue weighted by molar-refractivity contribution is -0.0635. The van der Waals surface area contributed by atoms with Crippen LogP contribution in [0, 0.1) is 0 Å². The lowest BCUT2D eigenvalue weighted by Gasteiger charge is -2.30. The smallest absolute Gasteiger partial charge is 0.394 e. The van der Waals surface area contributed by atoms with E-state index in [1.807, 2.05) is 0 Å². The molecular formula is C36H51N12O19P3. The molecule has 3 saturated heterocycles. The van der Waals surface area contributed by atoms with E-state index in [0.29, 0.717) is 11.3 Å². The number of carbonyl (C=O) groups excluding carboxylic acids is 1. The predicted molar refractivity (Wildman–Crippen MR) is 235 cm³/mol. The zero-order valence-corrected chi connectivity index (χ0v) is 40.5. The number of aliphatic hydroxyl groups excluding tert-OH is 1. The molecule has 4 aromatic rings. The fraction of sp³-hybridized carbons (Fsp3) is 0.583. The van der Waals surface area contributed by atoms with Gasteiger partial charge in [0.15, 0.2) is 35.4 Å². The van der Waals surface area contributed by atoms with Crippen LogP contribution in [0.5, 0.6) is 0 Å². The fourth-order valence-electron chi connectivity index (χ4n) is 8.16. The van der Waals surface area contributed by atoms with E-state index in [1.165, 1.54) is 67.3 Å². The number of aliphatic hydroxyl groups is 1. The number of nitrogen functional groups attached to an aromatic ring is 2. The molecule has 4 aromatic heterocycles. The molecule has 34 heteroatoms. The third kappa shape index (κ3) is 10.8. The number of anilines is 2. The van der Waals surface area contributed by atoms with Gasteiger partial charge in [0.25, 0.3) is 0 Å². The number of ether oxygens (including phenoxy) is 5. The molecule has 4 aliphatic rings. The number of fused-ring (bicyclic) bond motifs is 2. The Morgan fingerprint density at radius 3 is 1.79 bits per heavy atom. The highest BCUT2D eigenvalue weighted by atomic mass is 31.2. The van der Waals surface area contributed by atoms with E-state index < -0.39 is 123 Å². The van der Waals surface area contributed by atoms with Gasteiger partial charge in [-0.2, -0.15) is 0 Å². The Balaban J connectivity index is 1.05. The minimum atomic E-state index is -5.37. The van der Waals surface area contributed by atoms with E-state index in [0.717, 1.165) is 6.33 Å². The summed E-state index contributed by atoms with van der Waals surface area (Å²) in [6, 6.07) is -0.605. The monoisotopic (exact) mass is 1050 g/mol. The summed E-state index contributed by atoms with van der Waals surface area (Å²) in [7, 11) is -12.9. The lowest BCUT2D eigenvalue weighted by atomic mass is 10.1. The van der Waals surface area contributed by atoms with Crippen LogP contribution in [-0.4, -0.2) is 165 Å². The average Bonchev–Trinajstić information content (AvgIpc) is 4.12. The summed E-state index contributed by atoms with van der Waals surface area (Å²) in [5, 5.41) is 12.8. The number of allylic oxidation sites excluding steroid dienone is 1. The molecule has 0 spiro atoms. The minimum Gasteiger partial charge on any atom is -0.394 e. The van der Waals surface area contributed by atoms with Crippen LogP contribution in [0.3, 0.4) is 0 Å². The first-order valence-corrected chi connectivity index (χ1v) is 25.6. The van der Waals surface area contributed by atoms with E-state index in [2.05, 4.69) is 41.8 Å². The van der Waals surface area contributed by atoms with Crippen LogP contribution in [0.4, 0.5) is 16.4 Å². The van der Waals surface area contributed by atoms with Crippen molar-refractivity contribution in [1.82, 2.24) is 49.3 Å². The van der Waals surface area contributed by atoms with Crippen molar-refractivity contribution >= 4 is 63.5 Å². The topological polar surface area (TPSA) is 405 Å². The van der Waals surface area contributed by atoms with Crippen molar-refractivity contribution in [2.24, 2.45) is 0 Å². The first kappa shape index (κ1) is 51.9. The Hall–Kier alpha value is -4.46. The standard InChI is InChI=1S/C36H51N12O19P3/c1-16(2)64-68(51,52)59-10-21-26(28(57-5)34(62-21)47-14-43-24-30(37)39-12-41-32(24)47)66-69(53,54)60-11-22-27(29(58-6)35(63-22)48-15-44-25-31(38)40-13-42-33(25)48)67-70(55,56)65-19-7-23(61-20(19)9-49)46-8-17(3)18(4)45-36(46)50/h8,12-16,19-23,26-29,34-35,49H,4,7,9-11H2,1-3,5-6H3,(H,45,50)(H,51,52)(H,53,54)(H,55,56)(H2,37,39,41)(H2,38,40,42)/t19-,20+,21+,22+,23+,26+,27+,28+,29+,34+,35+/m0/s1. The van der Waals surface area contributed by atoms with Crippen molar-refractivity contribution in [3.05, 3.63) is 49.4 Å². The Kier molecular flexibility index (Phi) is 15.2. The minimum absolute atomic E-state index is 0.00671. The van der Waals surface area contributed by atoms with Crippen molar-refractivity contribution in [2.45, 2.75) is 101 Å². The third-order valence-corrected chi connectivity index (χ3v) is 14.5. The molecule has 0 saturated carbocycles. The Morgan fingerprint density at radius 2 is 1.29 bits per heavy atom. The van der Waals surface area contributed by atoms with Crippen LogP contribution in [0.15, 0.2) is 49.4 Å². The van der Waals surface area contributed by atoms with Gasteiger partial charge in [-0.05, 0) is 26.3 Å². The van der Waals surface area contributed by atoms with Crippen LogP contribution in [0.1, 0.15) is 39.6 Å². The quantitative estimate of drug-likeness (QED) is 0.0610. The number of aromatic nitrogens is 8. The van der Waals surface area contributed by atoms with Gasteiger partial charge in [0.05, 0.1) is 38.6 Å². The number of hydrogen-bond acceptors (Lipinski definition) is 24. The Morgan fingerprint density at radius 1 is 0.771 bits per heavy atom. The van der Waals surface area contributed by atoms with Crippen LogP contribution in [0.25, 0.3) is 22.3 Å². The number of imidazole rings is 2. The van der Waals surface area contributed by atoms with Gasteiger partial charge in [0, 0.05) is 32.5 Å². The number of rotatable bonds is 20. The highest BCUT2D eigenvalue weighted by Gasteiger charge is 2.55. The summed E-state index contributed by atoms with van der Waals surface area (Å²) in [4.78, 5) is 72.0. The molecule has 2 amide bonds. The molecule has 70 heavy (non-hydrogen) atoms. The van der Waals surface area contributed by atoms with Crippen molar-refractivity contribution in [2.75, 3.05) is 45.5 Å². The van der Waals surface area contributed by atoms with Gasteiger partial charge in [0.2, 0.25) is 0 Å². The highest BCUT2D eigenvalue weighted by molar-refractivity contribution is 7.48. The predicted octanol–water partition coefficient (Wildman–Crippen LogP) is 1.12. The number of methoxy groups -OCH3 is 2. The largest absolute Gasteiger partial charge is 0.473 e. The molecule has 4 aliphatic heterocycles. The maximum absolute atomic E-state index is 14.1. The summed E-state index contributed by atoms with van der Waals surface area (Å²) in [5.41, 5.74) is 13.6. The average molecular weight is 1050 g/mol. The lowest BCUT2D eigenvalue weighted by Crippen LogP contribution is -2.45. The molecule has 31 nitrogen and oxygen atoms in total. The molecule has 14 atom stereocenters. The SMILES string of the molecule is C=C1NC(=O)N([C@H]2C[C@H](OP(=O)(O)O[C@H]3[C@@H](OC)[C@H](n4cnc5c(N)ncnc54)O[C@@H]3COP(=O)(O)O[C@H]3[C@@H](OC)[C@H](n4cnc5c(N)ncnc54)O[C@@H]3COP(=O)(O)OC(C)C)[C@@H](CO)O2)C=C1C. The number of amides is 2.